The number of para-hydroxylation sites is 4. The molecule has 170 valence electrons. The van der Waals surface area contributed by atoms with Gasteiger partial charge in [0.2, 0.25) is 0 Å². The standard InChI is InChI=1S/C28H27N5O/c1-20-29-23-13-5-3-11-21(23)28(34)33(20)25-15-7-4-12-22(25)27-30-24-14-6-8-16-26(24)32(27)19-31-17-9-2-10-18-31/h3-8,11-16H,2,9-10,17-19H2,1H3. The Bertz CT molecular complexity index is 1560. The molecule has 6 rings (SSSR count). The first-order valence-electron chi connectivity index (χ1n) is 12.0. The van der Waals surface area contributed by atoms with Gasteiger partial charge in [0.15, 0.2) is 0 Å². The van der Waals surface area contributed by atoms with Crippen LogP contribution in [-0.4, -0.2) is 37.1 Å². The molecule has 1 aliphatic heterocycles. The van der Waals surface area contributed by atoms with Crippen molar-refractivity contribution in [1.29, 1.82) is 0 Å². The molecular weight excluding hydrogens is 422 g/mol. The molecule has 0 aliphatic carbocycles. The van der Waals surface area contributed by atoms with Crippen LogP contribution in [0.15, 0.2) is 77.6 Å². The lowest BCUT2D eigenvalue weighted by Gasteiger charge is -2.28. The molecule has 34 heavy (non-hydrogen) atoms. The topological polar surface area (TPSA) is 56.0 Å². The molecule has 3 heterocycles. The summed E-state index contributed by atoms with van der Waals surface area (Å²) in [5.41, 5.74) is 4.46. The van der Waals surface area contributed by atoms with Gasteiger partial charge in [-0.2, -0.15) is 0 Å². The minimum Gasteiger partial charge on any atom is -0.310 e. The lowest BCUT2D eigenvalue weighted by molar-refractivity contribution is 0.186. The number of fused-ring (bicyclic) bond motifs is 2. The van der Waals surface area contributed by atoms with E-state index in [2.05, 4.69) is 33.7 Å². The summed E-state index contributed by atoms with van der Waals surface area (Å²) in [5.74, 6) is 1.54. The van der Waals surface area contributed by atoms with Gasteiger partial charge in [0, 0.05) is 5.56 Å². The second kappa shape index (κ2) is 8.54. The van der Waals surface area contributed by atoms with E-state index in [-0.39, 0.29) is 5.56 Å². The molecule has 0 spiro atoms. The number of likely N-dealkylation sites (tertiary alicyclic amines) is 1. The van der Waals surface area contributed by atoms with E-state index >= 15 is 0 Å². The number of aromatic nitrogens is 4. The van der Waals surface area contributed by atoms with Crippen LogP contribution < -0.4 is 5.56 Å². The molecular formula is C28H27N5O. The van der Waals surface area contributed by atoms with E-state index in [4.69, 9.17) is 9.97 Å². The summed E-state index contributed by atoms with van der Waals surface area (Å²) >= 11 is 0. The van der Waals surface area contributed by atoms with Crippen LogP contribution in [0.5, 0.6) is 0 Å². The molecule has 5 aromatic rings. The Morgan fingerprint density at radius 3 is 2.35 bits per heavy atom. The predicted octanol–water partition coefficient (Wildman–Crippen LogP) is 5.15. The van der Waals surface area contributed by atoms with Crippen LogP contribution in [0, 0.1) is 6.92 Å². The van der Waals surface area contributed by atoms with Crippen molar-refractivity contribution in [3.63, 3.8) is 0 Å². The molecule has 0 bridgehead atoms. The summed E-state index contributed by atoms with van der Waals surface area (Å²) < 4.78 is 4.02. The quantitative estimate of drug-likeness (QED) is 0.381. The maximum atomic E-state index is 13.6. The van der Waals surface area contributed by atoms with Crippen molar-refractivity contribution < 1.29 is 0 Å². The van der Waals surface area contributed by atoms with Gasteiger partial charge in [-0.25, -0.2) is 9.97 Å². The van der Waals surface area contributed by atoms with Crippen molar-refractivity contribution in [2.24, 2.45) is 0 Å². The summed E-state index contributed by atoms with van der Waals surface area (Å²) in [7, 11) is 0. The lowest BCUT2D eigenvalue weighted by Crippen LogP contribution is -2.32. The number of hydrogen-bond acceptors (Lipinski definition) is 4. The molecule has 3 aromatic carbocycles. The third kappa shape index (κ3) is 3.51. The SMILES string of the molecule is Cc1nc2ccccc2c(=O)n1-c1ccccc1-c1nc2ccccc2n1CN1CCCCC1. The van der Waals surface area contributed by atoms with Gasteiger partial charge in [0.25, 0.3) is 5.56 Å². The number of nitrogens with zero attached hydrogens (tertiary/aromatic N) is 5. The molecule has 0 N–H and O–H groups in total. The van der Waals surface area contributed by atoms with Gasteiger partial charge in [-0.05, 0) is 69.3 Å². The lowest BCUT2D eigenvalue weighted by atomic mass is 10.1. The van der Waals surface area contributed by atoms with Crippen molar-refractivity contribution in [1.82, 2.24) is 24.0 Å². The van der Waals surface area contributed by atoms with E-state index < -0.39 is 0 Å². The van der Waals surface area contributed by atoms with Gasteiger partial charge >= 0.3 is 0 Å². The van der Waals surface area contributed by atoms with E-state index in [0.29, 0.717) is 11.2 Å². The van der Waals surface area contributed by atoms with E-state index in [0.717, 1.165) is 53.4 Å². The van der Waals surface area contributed by atoms with Crippen LogP contribution in [0.4, 0.5) is 0 Å². The van der Waals surface area contributed by atoms with Crippen LogP contribution in [0.1, 0.15) is 25.1 Å². The highest BCUT2D eigenvalue weighted by atomic mass is 16.1. The van der Waals surface area contributed by atoms with Crippen molar-refractivity contribution >= 4 is 21.9 Å². The van der Waals surface area contributed by atoms with Crippen molar-refractivity contribution in [2.45, 2.75) is 32.9 Å². The molecule has 1 aliphatic rings. The summed E-state index contributed by atoms with van der Waals surface area (Å²) in [6.07, 6.45) is 3.76. The molecule has 0 unspecified atom stereocenters. The first-order chi connectivity index (χ1) is 16.7. The summed E-state index contributed by atoms with van der Waals surface area (Å²) in [4.78, 5) is 25.9. The molecule has 6 nitrogen and oxygen atoms in total. The van der Waals surface area contributed by atoms with Crippen molar-refractivity contribution in [3.05, 3.63) is 89.0 Å². The largest absolute Gasteiger partial charge is 0.310 e. The second-order valence-electron chi connectivity index (χ2n) is 9.01. The van der Waals surface area contributed by atoms with Crippen molar-refractivity contribution in [2.75, 3.05) is 13.1 Å². The Kier molecular flexibility index (Phi) is 5.23. The number of rotatable bonds is 4. The number of aryl methyl sites for hydroxylation is 1. The van der Waals surface area contributed by atoms with Crippen LogP contribution >= 0.6 is 0 Å². The Morgan fingerprint density at radius 1 is 0.794 bits per heavy atom. The zero-order valence-corrected chi connectivity index (χ0v) is 19.3. The second-order valence-corrected chi connectivity index (χ2v) is 9.01. The fraction of sp³-hybridized carbons (Fsp3) is 0.250. The molecule has 1 saturated heterocycles. The Morgan fingerprint density at radius 2 is 1.50 bits per heavy atom. The van der Waals surface area contributed by atoms with Gasteiger partial charge in [0.05, 0.1) is 34.3 Å². The van der Waals surface area contributed by atoms with E-state index in [9.17, 15) is 4.79 Å². The van der Waals surface area contributed by atoms with Crippen LogP contribution in [0.3, 0.4) is 0 Å². The zero-order valence-electron chi connectivity index (χ0n) is 19.3. The maximum Gasteiger partial charge on any atom is 0.265 e. The minimum absolute atomic E-state index is 0.0609. The first kappa shape index (κ1) is 20.8. The highest BCUT2D eigenvalue weighted by Crippen LogP contribution is 2.30. The smallest absolute Gasteiger partial charge is 0.265 e. The number of hydrogen-bond donors (Lipinski definition) is 0. The minimum atomic E-state index is -0.0609. The van der Waals surface area contributed by atoms with Crippen LogP contribution in [0.25, 0.3) is 39.0 Å². The fourth-order valence-corrected chi connectivity index (χ4v) is 5.11. The number of imidazole rings is 1. The Balaban J connectivity index is 1.57. The third-order valence-electron chi connectivity index (χ3n) is 6.77. The first-order valence-corrected chi connectivity index (χ1v) is 12.0. The van der Waals surface area contributed by atoms with Crippen LogP contribution in [0.2, 0.25) is 0 Å². The van der Waals surface area contributed by atoms with E-state index in [1.165, 1.54) is 19.3 Å². The highest BCUT2D eigenvalue weighted by Gasteiger charge is 2.21. The molecule has 0 saturated carbocycles. The van der Waals surface area contributed by atoms with E-state index in [1.54, 1.807) is 4.57 Å². The zero-order chi connectivity index (χ0) is 23.1. The average Bonchev–Trinajstić information content (AvgIpc) is 3.23. The van der Waals surface area contributed by atoms with Gasteiger partial charge in [0.1, 0.15) is 11.6 Å². The van der Waals surface area contributed by atoms with Crippen molar-refractivity contribution in [3.8, 4) is 17.1 Å². The van der Waals surface area contributed by atoms with Gasteiger partial charge in [-0.1, -0.05) is 42.8 Å². The monoisotopic (exact) mass is 449 g/mol. The molecule has 0 atom stereocenters. The molecule has 6 heteroatoms. The predicted molar refractivity (Wildman–Crippen MR) is 136 cm³/mol. The summed E-state index contributed by atoms with van der Waals surface area (Å²) in [6.45, 7) is 4.87. The fourth-order valence-electron chi connectivity index (χ4n) is 5.11. The summed E-state index contributed by atoms with van der Waals surface area (Å²) in [5, 5.41) is 0.615. The molecule has 1 fully saturated rings. The molecule has 0 radical (unpaired) electrons. The van der Waals surface area contributed by atoms with Gasteiger partial charge in [-0.3, -0.25) is 14.3 Å². The number of benzene rings is 3. The van der Waals surface area contributed by atoms with Crippen LogP contribution in [-0.2, 0) is 6.67 Å². The maximum absolute atomic E-state index is 13.6. The average molecular weight is 450 g/mol. The normalized spacial score (nSPS) is 14.7. The molecule has 2 aromatic heterocycles. The number of piperidine rings is 1. The summed E-state index contributed by atoms with van der Waals surface area (Å²) in [6, 6.07) is 23.8. The third-order valence-corrected chi connectivity index (χ3v) is 6.77. The van der Waals surface area contributed by atoms with E-state index in [1.807, 2.05) is 55.5 Å². The van der Waals surface area contributed by atoms with Gasteiger partial charge < -0.3 is 4.57 Å². The van der Waals surface area contributed by atoms with Gasteiger partial charge in [-0.15, -0.1) is 0 Å². The Hall–Kier alpha value is -3.77. The highest BCUT2D eigenvalue weighted by molar-refractivity contribution is 5.83. The Labute approximate surface area is 198 Å². The molecule has 0 amide bonds.